The first kappa shape index (κ1) is 14.9. The zero-order valence-corrected chi connectivity index (χ0v) is 11.9. The van der Waals surface area contributed by atoms with Crippen molar-refractivity contribution < 1.29 is 4.39 Å². The van der Waals surface area contributed by atoms with Crippen LogP contribution in [0.15, 0.2) is 24.4 Å². The molecule has 0 bridgehead atoms. The second-order valence-electron chi connectivity index (χ2n) is 4.52. The first-order valence-corrected chi connectivity index (χ1v) is 6.82. The van der Waals surface area contributed by atoms with Crippen LogP contribution in [0.3, 0.4) is 0 Å². The second-order valence-corrected chi connectivity index (χ2v) is 4.93. The van der Waals surface area contributed by atoms with Gasteiger partial charge in [0.25, 0.3) is 0 Å². The van der Waals surface area contributed by atoms with Gasteiger partial charge in [-0.1, -0.05) is 35.9 Å². The van der Waals surface area contributed by atoms with E-state index >= 15 is 0 Å². The molecular weight excluding hydrogens is 281 g/mol. The highest BCUT2D eigenvalue weighted by molar-refractivity contribution is 6.30. The maximum Gasteiger partial charge on any atom is 0.145 e. The minimum Gasteiger partial charge on any atom is -0.271 e. The number of halogens is 2. The number of hydrogen-bond acceptors (Lipinski definition) is 4. The zero-order chi connectivity index (χ0) is 14.5. The summed E-state index contributed by atoms with van der Waals surface area (Å²) in [6.45, 7) is 2.79. The normalized spacial score (nSPS) is 12.6. The Kier molecular flexibility index (Phi) is 5.05. The molecule has 0 radical (unpaired) electrons. The van der Waals surface area contributed by atoms with E-state index in [1.54, 1.807) is 23.0 Å². The van der Waals surface area contributed by atoms with Crippen LogP contribution in [0.2, 0.25) is 5.02 Å². The van der Waals surface area contributed by atoms with Gasteiger partial charge in [0, 0.05) is 6.54 Å². The van der Waals surface area contributed by atoms with Crippen molar-refractivity contribution in [2.24, 2.45) is 5.84 Å². The first-order valence-electron chi connectivity index (χ1n) is 6.44. The summed E-state index contributed by atoms with van der Waals surface area (Å²) in [7, 11) is 0. The highest BCUT2D eigenvalue weighted by atomic mass is 35.5. The van der Waals surface area contributed by atoms with E-state index in [0.717, 1.165) is 18.7 Å². The number of hydrogen-bond donors (Lipinski definition) is 2. The fraction of sp³-hybridized carbons (Fsp3) is 0.385. The van der Waals surface area contributed by atoms with E-state index in [2.05, 4.69) is 15.7 Å². The van der Waals surface area contributed by atoms with Gasteiger partial charge in [0.15, 0.2) is 0 Å². The Morgan fingerprint density at radius 1 is 1.50 bits per heavy atom. The molecule has 1 aromatic carbocycles. The van der Waals surface area contributed by atoms with Crippen LogP contribution in [-0.4, -0.2) is 15.0 Å². The van der Waals surface area contributed by atoms with Gasteiger partial charge in [-0.3, -0.25) is 11.3 Å². The van der Waals surface area contributed by atoms with Crippen molar-refractivity contribution in [1.29, 1.82) is 0 Å². The quantitative estimate of drug-likeness (QED) is 0.634. The fourth-order valence-corrected chi connectivity index (χ4v) is 2.29. The number of benzene rings is 1. The van der Waals surface area contributed by atoms with Crippen molar-refractivity contribution in [3.8, 4) is 0 Å². The van der Waals surface area contributed by atoms with Gasteiger partial charge in [-0.15, -0.1) is 5.10 Å². The van der Waals surface area contributed by atoms with Crippen molar-refractivity contribution >= 4 is 11.6 Å². The highest BCUT2D eigenvalue weighted by Gasteiger charge is 2.18. The van der Waals surface area contributed by atoms with Gasteiger partial charge >= 0.3 is 0 Å². The molecule has 3 N–H and O–H groups in total. The molecule has 0 aliphatic carbocycles. The van der Waals surface area contributed by atoms with Crippen molar-refractivity contribution in [3.05, 3.63) is 46.5 Å². The lowest BCUT2D eigenvalue weighted by Gasteiger charge is -2.17. The smallest absolute Gasteiger partial charge is 0.145 e. The van der Waals surface area contributed by atoms with Gasteiger partial charge in [-0.05, 0) is 24.5 Å². The standard InChI is InChI=1S/C13H17ClFN5/c1-2-6-20-12(8-17-19-20)11(18-16)7-9-4-3-5-10(14)13(9)15/h3-5,8,11,18H,2,6-7,16H2,1H3. The molecule has 20 heavy (non-hydrogen) atoms. The molecule has 0 fully saturated rings. The number of hydrazine groups is 1. The van der Waals surface area contributed by atoms with E-state index in [1.807, 2.05) is 6.92 Å². The third-order valence-corrected chi connectivity index (χ3v) is 3.39. The van der Waals surface area contributed by atoms with Crippen LogP contribution in [0.25, 0.3) is 0 Å². The number of nitrogens with one attached hydrogen (secondary N) is 1. The summed E-state index contributed by atoms with van der Waals surface area (Å²) < 4.78 is 15.7. The van der Waals surface area contributed by atoms with Gasteiger partial charge in [-0.25, -0.2) is 9.07 Å². The molecule has 2 aromatic rings. The third kappa shape index (κ3) is 3.15. The summed E-state index contributed by atoms with van der Waals surface area (Å²) in [6.07, 6.45) is 2.95. The minimum absolute atomic E-state index is 0.110. The lowest BCUT2D eigenvalue weighted by atomic mass is 10.0. The van der Waals surface area contributed by atoms with Gasteiger partial charge in [-0.2, -0.15) is 0 Å². The Balaban J connectivity index is 2.24. The van der Waals surface area contributed by atoms with Crippen LogP contribution in [0.4, 0.5) is 4.39 Å². The molecule has 1 unspecified atom stereocenters. The average Bonchev–Trinajstić information content (AvgIpc) is 2.89. The summed E-state index contributed by atoms with van der Waals surface area (Å²) in [5.41, 5.74) is 4.02. The van der Waals surface area contributed by atoms with Gasteiger partial charge in [0.1, 0.15) is 5.82 Å². The summed E-state index contributed by atoms with van der Waals surface area (Å²) in [5.74, 6) is 5.18. The summed E-state index contributed by atoms with van der Waals surface area (Å²) >= 11 is 5.79. The molecule has 0 aliphatic heterocycles. The molecule has 1 heterocycles. The Bertz CT molecular complexity index is 572. The monoisotopic (exact) mass is 297 g/mol. The van der Waals surface area contributed by atoms with E-state index in [4.69, 9.17) is 17.4 Å². The molecule has 0 amide bonds. The minimum atomic E-state index is -0.413. The van der Waals surface area contributed by atoms with Crippen LogP contribution >= 0.6 is 11.6 Å². The zero-order valence-electron chi connectivity index (χ0n) is 11.2. The Hall–Kier alpha value is -1.50. The van der Waals surface area contributed by atoms with Crippen molar-refractivity contribution in [1.82, 2.24) is 20.4 Å². The summed E-state index contributed by atoms with van der Waals surface area (Å²) in [4.78, 5) is 0. The van der Waals surface area contributed by atoms with E-state index in [1.165, 1.54) is 6.07 Å². The Morgan fingerprint density at radius 3 is 3.00 bits per heavy atom. The summed E-state index contributed by atoms with van der Waals surface area (Å²) in [6, 6.07) is 4.66. The largest absolute Gasteiger partial charge is 0.271 e. The second kappa shape index (κ2) is 6.78. The SMILES string of the molecule is CCCn1nncc1C(Cc1cccc(Cl)c1F)NN. The molecule has 5 nitrogen and oxygen atoms in total. The van der Waals surface area contributed by atoms with E-state index in [0.29, 0.717) is 12.0 Å². The molecule has 0 spiro atoms. The molecule has 1 atom stereocenters. The highest BCUT2D eigenvalue weighted by Crippen LogP contribution is 2.23. The predicted octanol–water partition coefficient (Wildman–Crippen LogP) is 2.23. The van der Waals surface area contributed by atoms with Crippen molar-refractivity contribution in [2.75, 3.05) is 0 Å². The van der Waals surface area contributed by atoms with Crippen LogP contribution in [0, 0.1) is 5.82 Å². The Morgan fingerprint density at radius 2 is 2.30 bits per heavy atom. The van der Waals surface area contributed by atoms with Crippen LogP contribution in [0.1, 0.15) is 30.6 Å². The van der Waals surface area contributed by atoms with E-state index < -0.39 is 5.82 Å². The number of nitrogens with zero attached hydrogens (tertiary/aromatic N) is 3. The molecule has 2 rings (SSSR count). The molecule has 0 saturated heterocycles. The van der Waals surface area contributed by atoms with Crippen LogP contribution in [-0.2, 0) is 13.0 Å². The maximum absolute atomic E-state index is 14.0. The average molecular weight is 298 g/mol. The summed E-state index contributed by atoms with van der Waals surface area (Å²) in [5, 5.41) is 8.01. The number of nitrogens with two attached hydrogens (primary N) is 1. The number of aryl methyl sites for hydroxylation is 1. The maximum atomic E-state index is 14.0. The van der Waals surface area contributed by atoms with Gasteiger partial charge < -0.3 is 0 Å². The molecule has 7 heteroatoms. The molecule has 0 aliphatic rings. The van der Waals surface area contributed by atoms with Crippen LogP contribution in [0.5, 0.6) is 0 Å². The lowest BCUT2D eigenvalue weighted by Crippen LogP contribution is -2.31. The third-order valence-electron chi connectivity index (χ3n) is 3.10. The fourth-order valence-electron chi connectivity index (χ4n) is 2.10. The first-order chi connectivity index (χ1) is 9.67. The Labute approximate surface area is 121 Å². The van der Waals surface area contributed by atoms with E-state index in [9.17, 15) is 4.39 Å². The molecule has 1 aromatic heterocycles. The van der Waals surface area contributed by atoms with Crippen molar-refractivity contribution in [3.63, 3.8) is 0 Å². The number of rotatable bonds is 6. The van der Waals surface area contributed by atoms with Crippen molar-refractivity contribution in [2.45, 2.75) is 32.4 Å². The predicted molar refractivity (Wildman–Crippen MR) is 75.5 cm³/mol. The van der Waals surface area contributed by atoms with E-state index in [-0.39, 0.29) is 11.1 Å². The van der Waals surface area contributed by atoms with Gasteiger partial charge in [0.2, 0.25) is 0 Å². The molecule has 108 valence electrons. The van der Waals surface area contributed by atoms with Gasteiger partial charge in [0.05, 0.1) is 23.0 Å². The van der Waals surface area contributed by atoms with Crippen LogP contribution < -0.4 is 11.3 Å². The lowest BCUT2D eigenvalue weighted by molar-refractivity contribution is 0.467. The number of aromatic nitrogens is 3. The molecular formula is C13H17ClFN5. The topological polar surface area (TPSA) is 68.8 Å². The molecule has 0 saturated carbocycles.